The van der Waals surface area contributed by atoms with Crippen LogP contribution in [0.5, 0.6) is 0 Å². The fraction of sp³-hybridized carbons (Fsp3) is 0.571. The number of esters is 1. The summed E-state index contributed by atoms with van der Waals surface area (Å²) in [4.78, 5) is 10.8. The molecule has 0 aliphatic rings. The fourth-order valence-electron chi connectivity index (χ4n) is 0.361. The van der Waals surface area contributed by atoms with E-state index in [-0.39, 0.29) is 5.97 Å². The summed E-state index contributed by atoms with van der Waals surface area (Å²) in [5, 5.41) is 0. The average Bonchev–Trinajstić information content (AvgIpc) is 1.98. The lowest BCUT2D eigenvalue weighted by Gasteiger charge is -2.01. The van der Waals surface area contributed by atoms with Crippen LogP contribution < -0.4 is 0 Å². The molecular weight excluding hydrogens is 148 g/mol. The summed E-state index contributed by atoms with van der Waals surface area (Å²) in [7, 11) is 0. The normalized spacial score (nSPS) is 9.00. The van der Waals surface area contributed by atoms with E-state index in [9.17, 15) is 4.79 Å². The second kappa shape index (κ2) is 5.35. The third-order valence-electron chi connectivity index (χ3n) is 0.917. The van der Waals surface area contributed by atoms with Crippen LogP contribution >= 0.6 is 12.6 Å². The van der Waals surface area contributed by atoms with E-state index in [0.29, 0.717) is 17.9 Å². The molecule has 0 rings (SSSR count). The zero-order valence-electron chi connectivity index (χ0n) is 6.09. The monoisotopic (exact) mass is 160 g/mol. The quantitative estimate of drug-likeness (QED) is 0.382. The summed E-state index contributed by atoms with van der Waals surface area (Å²) >= 11 is 3.88. The molecule has 0 heterocycles. The van der Waals surface area contributed by atoms with E-state index < -0.39 is 0 Å². The van der Waals surface area contributed by atoms with E-state index in [4.69, 9.17) is 4.74 Å². The summed E-state index contributed by atoms with van der Waals surface area (Å²) in [6, 6.07) is 0. The minimum atomic E-state index is -0.336. The van der Waals surface area contributed by atoms with Gasteiger partial charge in [0.2, 0.25) is 0 Å². The number of hydrogen-bond donors (Lipinski definition) is 1. The van der Waals surface area contributed by atoms with Crippen LogP contribution in [0, 0.1) is 0 Å². The molecule has 0 spiro atoms. The Hall–Kier alpha value is -0.440. The third kappa shape index (κ3) is 3.56. The second-order valence-corrected chi connectivity index (χ2v) is 2.21. The van der Waals surface area contributed by atoms with E-state index in [1.165, 1.54) is 0 Å². The fourth-order valence-corrected chi connectivity index (χ4v) is 0.490. The number of hydrogen-bond acceptors (Lipinski definition) is 3. The lowest BCUT2D eigenvalue weighted by atomic mass is 10.3. The standard InChI is InChI=1S/C7H12O2S/c1-3-4-9-7(8)6(2)5-10/h10H,2-5H2,1H3. The molecule has 0 aromatic carbocycles. The van der Waals surface area contributed by atoms with Gasteiger partial charge in [-0.25, -0.2) is 4.79 Å². The molecule has 0 aliphatic carbocycles. The van der Waals surface area contributed by atoms with Crippen LogP contribution in [0.25, 0.3) is 0 Å². The molecule has 0 saturated heterocycles. The van der Waals surface area contributed by atoms with Gasteiger partial charge in [0.1, 0.15) is 0 Å². The number of thiol groups is 1. The van der Waals surface area contributed by atoms with Gasteiger partial charge in [0.25, 0.3) is 0 Å². The van der Waals surface area contributed by atoms with Crippen molar-refractivity contribution < 1.29 is 9.53 Å². The minimum absolute atomic E-state index is 0.336. The number of ether oxygens (including phenoxy) is 1. The van der Waals surface area contributed by atoms with Crippen molar-refractivity contribution in [2.45, 2.75) is 13.3 Å². The Morgan fingerprint density at radius 3 is 2.70 bits per heavy atom. The van der Waals surface area contributed by atoms with E-state index in [1.54, 1.807) is 0 Å². The predicted molar refractivity (Wildman–Crippen MR) is 44.2 cm³/mol. The molecule has 0 unspecified atom stereocenters. The molecule has 0 N–H and O–H groups in total. The Morgan fingerprint density at radius 1 is 1.70 bits per heavy atom. The van der Waals surface area contributed by atoms with Crippen molar-refractivity contribution in [2.75, 3.05) is 12.4 Å². The van der Waals surface area contributed by atoms with Gasteiger partial charge in [-0.2, -0.15) is 12.6 Å². The van der Waals surface area contributed by atoms with Crippen LogP contribution in [0.4, 0.5) is 0 Å². The van der Waals surface area contributed by atoms with Crippen molar-refractivity contribution in [1.29, 1.82) is 0 Å². The van der Waals surface area contributed by atoms with Gasteiger partial charge in [0, 0.05) is 11.3 Å². The average molecular weight is 160 g/mol. The molecule has 2 nitrogen and oxygen atoms in total. The first kappa shape index (κ1) is 9.56. The van der Waals surface area contributed by atoms with Crippen LogP contribution in [0.2, 0.25) is 0 Å². The highest BCUT2D eigenvalue weighted by atomic mass is 32.1. The molecule has 0 amide bonds. The SMILES string of the molecule is C=C(CS)C(=O)OCCC. The van der Waals surface area contributed by atoms with Crippen molar-refractivity contribution in [2.24, 2.45) is 0 Å². The Balaban J connectivity index is 3.52. The van der Waals surface area contributed by atoms with Gasteiger partial charge in [0.15, 0.2) is 0 Å². The summed E-state index contributed by atoms with van der Waals surface area (Å²) in [5.41, 5.74) is 0.414. The van der Waals surface area contributed by atoms with Crippen LogP contribution in [0.15, 0.2) is 12.2 Å². The maximum Gasteiger partial charge on any atom is 0.334 e. The van der Waals surface area contributed by atoms with E-state index in [1.807, 2.05) is 6.92 Å². The Kier molecular flexibility index (Phi) is 5.12. The lowest BCUT2D eigenvalue weighted by molar-refractivity contribution is -0.138. The zero-order valence-corrected chi connectivity index (χ0v) is 6.99. The Bertz CT molecular complexity index is 132. The van der Waals surface area contributed by atoms with Gasteiger partial charge in [-0.3, -0.25) is 0 Å². The van der Waals surface area contributed by atoms with Crippen molar-refractivity contribution in [3.05, 3.63) is 12.2 Å². The van der Waals surface area contributed by atoms with E-state index in [0.717, 1.165) is 6.42 Å². The van der Waals surface area contributed by atoms with Crippen LogP contribution in [-0.4, -0.2) is 18.3 Å². The predicted octanol–water partition coefficient (Wildman–Crippen LogP) is 1.43. The number of rotatable bonds is 4. The van der Waals surface area contributed by atoms with Crippen LogP contribution in [0.3, 0.4) is 0 Å². The molecular formula is C7H12O2S. The van der Waals surface area contributed by atoms with Crippen LogP contribution in [0.1, 0.15) is 13.3 Å². The molecule has 10 heavy (non-hydrogen) atoms. The molecule has 0 aliphatic heterocycles. The highest BCUT2D eigenvalue weighted by Gasteiger charge is 2.04. The maximum atomic E-state index is 10.8. The molecule has 0 bridgehead atoms. The molecule has 58 valence electrons. The highest BCUT2D eigenvalue weighted by Crippen LogP contribution is 1.96. The molecule has 3 heteroatoms. The first-order chi connectivity index (χ1) is 4.72. The zero-order chi connectivity index (χ0) is 7.98. The van der Waals surface area contributed by atoms with Crippen LogP contribution in [-0.2, 0) is 9.53 Å². The third-order valence-corrected chi connectivity index (χ3v) is 1.30. The van der Waals surface area contributed by atoms with Crippen molar-refractivity contribution >= 4 is 18.6 Å². The number of carbonyl (C=O) groups excluding carboxylic acids is 1. The number of carbonyl (C=O) groups is 1. The summed E-state index contributed by atoms with van der Waals surface area (Å²) < 4.78 is 4.76. The van der Waals surface area contributed by atoms with Gasteiger partial charge >= 0.3 is 5.97 Å². The molecule has 0 aromatic rings. The Labute approximate surface area is 66.7 Å². The lowest BCUT2D eigenvalue weighted by Crippen LogP contribution is -2.08. The van der Waals surface area contributed by atoms with E-state index >= 15 is 0 Å². The topological polar surface area (TPSA) is 26.3 Å². The summed E-state index contributed by atoms with van der Waals surface area (Å²) in [6.07, 6.45) is 0.839. The first-order valence-corrected chi connectivity index (χ1v) is 3.81. The van der Waals surface area contributed by atoms with Crippen molar-refractivity contribution in [3.63, 3.8) is 0 Å². The molecule has 0 saturated carbocycles. The molecule has 0 fully saturated rings. The molecule has 0 radical (unpaired) electrons. The van der Waals surface area contributed by atoms with Gasteiger partial charge in [-0.1, -0.05) is 13.5 Å². The van der Waals surface area contributed by atoms with E-state index in [2.05, 4.69) is 19.2 Å². The second-order valence-electron chi connectivity index (χ2n) is 1.90. The first-order valence-electron chi connectivity index (χ1n) is 3.18. The smallest absolute Gasteiger partial charge is 0.334 e. The summed E-state index contributed by atoms with van der Waals surface area (Å²) in [6.45, 7) is 5.88. The van der Waals surface area contributed by atoms with Gasteiger partial charge in [-0.05, 0) is 6.42 Å². The summed E-state index contributed by atoms with van der Waals surface area (Å²) in [5.74, 6) is 0.0274. The molecule has 0 aromatic heterocycles. The van der Waals surface area contributed by atoms with Crippen molar-refractivity contribution in [3.8, 4) is 0 Å². The largest absolute Gasteiger partial charge is 0.462 e. The van der Waals surface area contributed by atoms with Gasteiger partial charge < -0.3 is 4.74 Å². The molecule has 0 atom stereocenters. The highest BCUT2D eigenvalue weighted by molar-refractivity contribution is 7.80. The van der Waals surface area contributed by atoms with Crippen molar-refractivity contribution in [1.82, 2.24) is 0 Å². The van der Waals surface area contributed by atoms with Gasteiger partial charge in [0.05, 0.1) is 6.61 Å². The van der Waals surface area contributed by atoms with Gasteiger partial charge in [-0.15, -0.1) is 0 Å². The Morgan fingerprint density at radius 2 is 2.30 bits per heavy atom. The maximum absolute atomic E-state index is 10.8. The minimum Gasteiger partial charge on any atom is -0.462 e.